The molecule has 0 bridgehead atoms. The fourth-order valence-corrected chi connectivity index (χ4v) is 2.72. The van der Waals surface area contributed by atoms with Gasteiger partial charge in [0.15, 0.2) is 5.56 Å². The van der Waals surface area contributed by atoms with Crippen molar-refractivity contribution in [2.45, 2.75) is 6.92 Å². The molecule has 0 N–H and O–H groups in total. The summed E-state index contributed by atoms with van der Waals surface area (Å²) >= 11 is 3.42. The van der Waals surface area contributed by atoms with E-state index < -0.39 is 11.6 Å². The summed E-state index contributed by atoms with van der Waals surface area (Å²) in [5, 5.41) is 1.63. The number of hydrogen-bond acceptors (Lipinski definition) is 4. The van der Waals surface area contributed by atoms with E-state index in [9.17, 15) is 9.59 Å². The first kappa shape index (κ1) is 12.9. The lowest BCUT2D eigenvalue weighted by molar-refractivity contribution is 0.0525. The molecule has 0 aliphatic carbocycles. The maximum Gasteiger partial charge on any atom is 0.373 e. The van der Waals surface area contributed by atoms with Crippen molar-refractivity contribution in [3.05, 3.63) is 50.9 Å². The van der Waals surface area contributed by atoms with Gasteiger partial charge < -0.3 is 9.26 Å². The van der Waals surface area contributed by atoms with E-state index in [-0.39, 0.29) is 12.2 Å². The summed E-state index contributed by atoms with van der Waals surface area (Å²) in [6.45, 7) is 1.89. The fraction of sp³-hybridized carbons (Fsp3) is 0.143. The molecule has 2 aromatic heterocycles. The van der Waals surface area contributed by atoms with Crippen molar-refractivity contribution in [3.63, 3.8) is 0 Å². The van der Waals surface area contributed by atoms with Crippen LogP contribution >= 0.6 is 15.9 Å². The van der Waals surface area contributed by atoms with Gasteiger partial charge in [0, 0.05) is 9.86 Å². The molecule has 3 aromatic rings. The second kappa shape index (κ2) is 4.79. The van der Waals surface area contributed by atoms with Gasteiger partial charge >= 0.3 is 11.6 Å². The van der Waals surface area contributed by atoms with Gasteiger partial charge in [-0.1, -0.05) is 24.3 Å². The van der Waals surface area contributed by atoms with Crippen molar-refractivity contribution >= 4 is 38.2 Å². The molecule has 6 heteroatoms. The smallest absolute Gasteiger partial charge is 0.373 e. The first-order valence-electron chi connectivity index (χ1n) is 6.03. The Morgan fingerprint density at radius 2 is 2.05 bits per heavy atom. The van der Waals surface area contributed by atoms with Crippen LogP contribution in [0.15, 0.2) is 44.3 Å². The van der Waals surface area contributed by atoms with Crippen molar-refractivity contribution in [1.29, 1.82) is 0 Å². The molecular formula is C14H10BrNO4. The molecule has 0 atom stereocenters. The second-order valence-corrected chi connectivity index (χ2v) is 5.03. The quantitative estimate of drug-likeness (QED) is 0.675. The number of ether oxygens (including phenoxy) is 1. The van der Waals surface area contributed by atoms with Gasteiger partial charge in [-0.15, -0.1) is 0 Å². The molecule has 5 nitrogen and oxygen atoms in total. The number of carbonyl (C=O) groups excluding carboxylic acids is 1. The van der Waals surface area contributed by atoms with Gasteiger partial charge in [0.05, 0.1) is 12.8 Å². The van der Waals surface area contributed by atoms with Crippen molar-refractivity contribution in [3.8, 4) is 0 Å². The van der Waals surface area contributed by atoms with Crippen molar-refractivity contribution < 1.29 is 14.1 Å². The number of esters is 1. The zero-order valence-electron chi connectivity index (χ0n) is 10.6. The van der Waals surface area contributed by atoms with Crippen LogP contribution in [0.1, 0.15) is 17.3 Å². The Bertz CT molecular complexity index is 878. The zero-order valence-corrected chi connectivity index (χ0v) is 12.1. The standard InChI is InChI=1S/C14H10BrNO4/c1-2-19-13(17)11-12-9-6-4-3-5-8(9)10(15)7-16(12)20-14(11)18/h3-7H,2H2,1H3. The molecule has 2 heterocycles. The third kappa shape index (κ3) is 1.84. The summed E-state index contributed by atoms with van der Waals surface area (Å²) in [6, 6.07) is 7.44. The SMILES string of the molecule is CCOC(=O)c1c(=O)on2cc(Br)c3ccccc3c12. The van der Waals surface area contributed by atoms with E-state index in [1.165, 1.54) is 4.57 Å². The molecule has 0 saturated carbocycles. The summed E-state index contributed by atoms with van der Waals surface area (Å²) < 4.78 is 12.1. The number of nitrogens with zero attached hydrogens (tertiary/aromatic N) is 1. The number of rotatable bonds is 2. The van der Waals surface area contributed by atoms with Crippen LogP contribution in [0, 0.1) is 0 Å². The van der Waals surface area contributed by atoms with Gasteiger partial charge in [0.1, 0.15) is 5.52 Å². The number of carbonyl (C=O) groups is 1. The minimum absolute atomic E-state index is 0.0736. The molecule has 20 heavy (non-hydrogen) atoms. The Hall–Kier alpha value is -2.08. The summed E-state index contributed by atoms with van der Waals surface area (Å²) in [7, 11) is 0. The van der Waals surface area contributed by atoms with Gasteiger partial charge in [-0.3, -0.25) is 0 Å². The highest BCUT2D eigenvalue weighted by Gasteiger charge is 2.23. The van der Waals surface area contributed by atoms with Gasteiger partial charge in [0.2, 0.25) is 0 Å². The number of halogens is 1. The number of aromatic nitrogens is 1. The molecule has 0 spiro atoms. The number of benzene rings is 1. The highest BCUT2D eigenvalue weighted by atomic mass is 79.9. The summed E-state index contributed by atoms with van der Waals surface area (Å²) in [6.07, 6.45) is 1.61. The van der Waals surface area contributed by atoms with Crippen LogP contribution in [0.4, 0.5) is 0 Å². The molecule has 0 aliphatic heterocycles. The molecule has 3 rings (SSSR count). The number of fused-ring (bicyclic) bond motifs is 3. The zero-order chi connectivity index (χ0) is 14.3. The predicted octanol–water partition coefficient (Wildman–Crippen LogP) is 2.98. The van der Waals surface area contributed by atoms with Crippen molar-refractivity contribution in [2.24, 2.45) is 0 Å². The largest absolute Gasteiger partial charge is 0.462 e. The summed E-state index contributed by atoms with van der Waals surface area (Å²) in [4.78, 5) is 23.9. The van der Waals surface area contributed by atoms with Gasteiger partial charge in [0.25, 0.3) is 0 Å². The Labute approximate surface area is 121 Å². The molecule has 0 aliphatic rings. The van der Waals surface area contributed by atoms with Crippen LogP contribution in [0.2, 0.25) is 0 Å². The summed E-state index contributed by atoms with van der Waals surface area (Å²) in [5.41, 5.74) is -0.352. The second-order valence-electron chi connectivity index (χ2n) is 4.17. The highest BCUT2D eigenvalue weighted by Crippen LogP contribution is 2.28. The lowest BCUT2D eigenvalue weighted by atomic mass is 10.1. The lowest BCUT2D eigenvalue weighted by Crippen LogP contribution is -2.13. The molecule has 0 radical (unpaired) electrons. The first-order chi connectivity index (χ1) is 9.63. The third-order valence-corrected chi connectivity index (χ3v) is 3.62. The molecular weight excluding hydrogens is 326 g/mol. The average Bonchev–Trinajstić information content (AvgIpc) is 2.75. The Balaban J connectivity index is 2.47. The van der Waals surface area contributed by atoms with Gasteiger partial charge in [-0.25, -0.2) is 9.59 Å². The average molecular weight is 336 g/mol. The Morgan fingerprint density at radius 3 is 2.75 bits per heavy atom. The molecule has 0 amide bonds. The Morgan fingerprint density at radius 1 is 1.35 bits per heavy atom. The van der Waals surface area contributed by atoms with Crippen LogP contribution in [0.3, 0.4) is 0 Å². The maximum atomic E-state index is 12.0. The van der Waals surface area contributed by atoms with E-state index in [0.29, 0.717) is 5.52 Å². The van der Waals surface area contributed by atoms with Crippen molar-refractivity contribution in [2.75, 3.05) is 6.61 Å². The van der Waals surface area contributed by atoms with Crippen LogP contribution < -0.4 is 5.63 Å². The number of pyridine rings is 1. The van der Waals surface area contributed by atoms with E-state index in [1.54, 1.807) is 13.1 Å². The van der Waals surface area contributed by atoms with E-state index in [0.717, 1.165) is 15.2 Å². The minimum atomic E-state index is -0.702. The van der Waals surface area contributed by atoms with E-state index in [2.05, 4.69) is 15.9 Å². The fourth-order valence-electron chi connectivity index (χ4n) is 2.19. The van der Waals surface area contributed by atoms with Crippen LogP contribution in [0.5, 0.6) is 0 Å². The molecule has 102 valence electrons. The van der Waals surface area contributed by atoms with Crippen LogP contribution in [0.25, 0.3) is 16.3 Å². The van der Waals surface area contributed by atoms with Crippen molar-refractivity contribution in [1.82, 2.24) is 4.57 Å². The first-order valence-corrected chi connectivity index (χ1v) is 6.82. The van der Waals surface area contributed by atoms with Gasteiger partial charge in [-0.2, -0.15) is 4.57 Å². The van der Waals surface area contributed by atoms with Gasteiger partial charge in [-0.05, 0) is 28.2 Å². The molecule has 0 unspecified atom stereocenters. The highest BCUT2D eigenvalue weighted by molar-refractivity contribution is 9.10. The lowest BCUT2D eigenvalue weighted by Gasteiger charge is -2.04. The third-order valence-electron chi connectivity index (χ3n) is 2.99. The van der Waals surface area contributed by atoms with E-state index in [1.807, 2.05) is 24.3 Å². The molecule has 0 saturated heterocycles. The van der Waals surface area contributed by atoms with E-state index >= 15 is 0 Å². The normalized spacial score (nSPS) is 11.1. The molecule has 1 aromatic carbocycles. The predicted molar refractivity (Wildman–Crippen MR) is 77.1 cm³/mol. The topological polar surface area (TPSA) is 60.9 Å². The Kier molecular flexibility index (Phi) is 3.10. The maximum absolute atomic E-state index is 12.0. The van der Waals surface area contributed by atoms with Crippen LogP contribution in [-0.2, 0) is 4.74 Å². The van der Waals surface area contributed by atoms with Crippen LogP contribution in [-0.4, -0.2) is 17.1 Å². The summed E-state index contributed by atoms with van der Waals surface area (Å²) in [5.74, 6) is -0.670. The monoisotopic (exact) mass is 335 g/mol. The number of hydrogen-bond donors (Lipinski definition) is 0. The van der Waals surface area contributed by atoms with E-state index in [4.69, 9.17) is 9.26 Å². The molecule has 0 fully saturated rings. The minimum Gasteiger partial charge on any atom is -0.462 e.